The number of benzene rings is 3. The van der Waals surface area contributed by atoms with Gasteiger partial charge in [-0.15, -0.1) is 11.3 Å². The Morgan fingerprint density at radius 1 is 0.839 bits per heavy atom. The Balaban J connectivity index is 1.69. The van der Waals surface area contributed by atoms with Gasteiger partial charge in [0.25, 0.3) is 11.8 Å². The van der Waals surface area contributed by atoms with Crippen LogP contribution >= 0.6 is 22.9 Å². The Morgan fingerprint density at radius 3 is 2.26 bits per heavy atom. The molecular weight excluding hydrogens is 436 g/mol. The first-order valence-electron chi connectivity index (χ1n) is 9.16. The van der Waals surface area contributed by atoms with E-state index in [1.807, 2.05) is 30.3 Å². The van der Waals surface area contributed by atoms with Crippen molar-refractivity contribution in [3.05, 3.63) is 93.8 Å². The summed E-state index contributed by atoms with van der Waals surface area (Å²) in [7, 11) is 0. The molecule has 3 aromatic carbocycles. The first kappa shape index (κ1) is 20.6. The molecule has 154 valence electrons. The van der Waals surface area contributed by atoms with Crippen molar-refractivity contribution in [1.29, 1.82) is 0 Å². The zero-order chi connectivity index (χ0) is 22.0. The predicted octanol–water partition coefficient (Wildman–Crippen LogP) is 5.76. The van der Waals surface area contributed by atoms with Gasteiger partial charge in [0, 0.05) is 15.8 Å². The number of nitrogens with one attached hydrogen (secondary N) is 2. The van der Waals surface area contributed by atoms with E-state index >= 15 is 0 Å². The van der Waals surface area contributed by atoms with E-state index < -0.39 is 17.8 Å². The number of carbonyl (C=O) groups excluding carboxylic acids is 2. The molecule has 31 heavy (non-hydrogen) atoms. The van der Waals surface area contributed by atoms with E-state index in [2.05, 4.69) is 10.6 Å². The van der Waals surface area contributed by atoms with E-state index in [4.69, 9.17) is 11.6 Å². The van der Waals surface area contributed by atoms with Crippen LogP contribution in [0.1, 0.15) is 30.4 Å². The number of halogens is 1. The molecule has 0 aliphatic rings. The van der Waals surface area contributed by atoms with E-state index in [1.165, 1.54) is 29.5 Å². The second kappa shape index (κ2) is 8.59. The predicted molar refractivity (Wildman–Crippen MR) is 123 cm³/mol. The number of rotatable bonds is 5. The smallest absolute Gasteiger partial charge is 0.335 e. The second-order valence-electron chi connectivity index (χ2n) is 6.58. The lowest BCUT2D eigenvalue weighted by Crippen LogP contribution is -2.18. The number of hydrogen-bond donors (Lipinski definition) is 3. The summed E-state index contributed by atoms with van der Waals surface area (Å²) in [4.78, 5) is 37.5. The maximum absolute atomic E-state index is 13.0. The van der Waals surface area contributed by atoms with Gasteiger partial charge < -0.3 is 15.7 Å². The van der Waals surface area contributed by atoms with E-state index in [1.54, 1.807) is 24.3 Å². The van der Waals surface area contributed by atoms with Crippen molar-refractivity contribution in [2.45, 2.75) is 0 Å². The van der Waals surface area contributed by atoms with Crippen molar-refractivity contribution in [2.24, 2.45) is 0 Å². The van der Waals surface area contributed by atoms with Crippen LogP contribution in [0.4, 0.5) is 11.4 Å². The number of carbonyl (C=O) groups is 3. The summed E-state index contributed by atoms with van der Waals surface area (Å²) in [6.07, 6.45) is 0. The third-order valence-corrected chi connectivity index (χ3v) is 6.21. The fraction of sp³-hybridized carbons (Fsp3) is 0. The molecule has 4 aromatic rings. The number of aromatic carboxylic acids is 1. The van der Waals surface area contributed by atoms with Crippen molar-refractivity contribution < 1.29 is 19.5 Å². The molecule has 0 fully saturated rings. The first-order chi connectivity index (χ1) is 14.9. The number of thiophene rings is 1. The number of para-hydroxylation sites is 1. The molecule has 0 bridgehead atoms. The lowest BCUT2D eigenvalue weighted by atomic mass is 10.1. The first-order valence-corrected chi connectivity index (χ1v) is 10.4. The van der Waals surface area contributed by atoms with Gasteiger partial charge in [-0.3, -0.25) is 9.59 Å². The normalized spacial score (nSPS) is 10.6. The minimum atomic E-state index is -1.18. The van der Waals surface area contributed by atoms with Crippen molar-refractivity contribution in [3.63, 3.8) is 0 Å². The minimum Gasteiger partial charge on any atom is -0.478 e. The molecule has 0 saturated carbocycles. The molecule has 1 heterocycles. The average molecular weight is 451 g/mol. The SMILES string of the molecule is O=C(O)c1ccc(C(=O)Nc2ccccc2)c(NC(=O)c2sc3ccccc3c2Cl)c1. The molecule has 6 nitrogen and oxygen atoms in total. The summed E-state index contributed by atoms with van der Waals surface area (Å²) >= 11 is 7.60. The number of hydrogen-bond acceptors (Lipinski definition) is 4. The summed E-state index contributed by atoms with van der Waals surface area (Å²) in [5.74, 6) is -2.19. The second-order valence-corrected chi connectivity index (χ2v) is 8.01. The monoisotopic (exact) mass is 450 g/mol. The molecule has 0 radical (unpaired) electrons. The Morgan fingerprint density at radius 2 is 1.55 bits per heavy atom. The van der Waals surface area contributed by atoms with Gasteiger partial charge in [-0.1, -0.05) is 48.0 Å². The lowest BCUT2D eigenvalue weighted by molar-refractivity contribution is 0.0696. The van der Waals surface area contributed by atoms with E-state index in [-0.39, 0.29) is 21.7 Å². The highest BCUT2D eigenvalue weighted by molar-refractivity contribution is 7.21. The molecule has 4 rings (SSSR count). The van der Waals surface area contributed by atoms with Gasteiger partial charge in [0.2, 0.25) is 0 Å². The summed E-state index contributed by atoms with van der Waals surface area (Å²) in [6, 6.07) is 20.1. The van der Waals surface area contributed by atoms with Gasteiger partial charge >= 0.3 is 5.97 Å². The van der Waals surface area contributed by atoms with Gasteiger partial charge in [-0.25, -0.2) is 4.79 Å². The number of carboxylic acids is 1. The van der Waals surface area contributed by atoms with Gasteiger partial charge in [0.15, 0.2) is 0 Å². The molecule has 0 aliphatic carbocycles. The molecule has 3 N–H and O–H groups in total. The van der Waals surface area contributed by atoms with Gasteiger partial charge in [0.05, 0.1) is 21.8 Å². The van der Waals surface area contributed by atoms with E-state index in [0.29, 0.717) is 10.7 Å². The van der Waals surface area contributed by atoms with Crippen LogP contribution in [0.25, 0.3) is 10.1 Å². The van der Waals surface area contributed by atoms with Crippen LogP contribution in [0.5, 0.6) is 0 Å². The van der Waals surface area contributed by atoms with Crippen molar-refractivity contribution >= 4 is 62.2 Å². The van der Waals surface area contributed by atoms with E-state index in [9.17, 15) is 19.5 Å². The summed E-state index contributed by atoms with van der Waals surface area (Å²) in [6.45, 7) is 0. The molecule has 0 spiro atoms. The van der Waals surface area contributed by atoms with Gasteiger partial charge in [-0.2, -0.15) is 0 Å². The standard InChI is InChI=1S/C23H15ClN2O4S/c24-19-16-8-4-5-9-18(16)31-20(19)22(28)26-17-12-13(23(29)30)10-11-15(17)21(27)25-14-6-2-1-3-7-14/h1-12H,(H,25,27)(H,26,28)(H,29,30). The zero-order valence-electron chi connectivity index (χ0n) is 15.9. The molecular formula is C23H15ClN2O4S. The molecule has 8 heteroatoms. The van der Waals surface area contributed by atoms with Crippen LogP contribution < -0.4 is 10.6 Å². The third-order valence-electron chi connectivity index (χ3n) is 4.53. The lowest BCUT2D eigenvalue weighted by Gasteiger charge is -2.12. The van der Waals surface area contributed by atoms with Crippen LogP contribution in [0.15, 0.2) is 72.8 Å². The third kappa shape index (κ3) is 4.28. The Bertz CT molecular complexity index is 1320. The highest BCUT2D eigenvalue weighted by atomic mass is 35.5. The molecule has 1 aromatic heterocycles. The molecule has 0 aliphatic heterocycles. The number of amides is 2. The summed E-state index contributed by atoms with van der Waals surface area (Å²) in [5.41, 5.74) is 0.708. The van der Waals surface area contributed by atoms with Gasteiger partial charge in [-0.05, 0) is 36.4 Å². The van der Waals surface area contributed by atoms with Crippen LogP contribution in [-0.2, 0) is 0 Å². The molecule has 0 atom stereocenters. The Labute approximate surface area is 186 Å². The molecule has 0 unspecified atom stereocenters. The maximum atomic E-state index is 13.0. The zero-order valence-corrected chi connectivity index (χ0v) is 17.5. The fourth-order valence-electron chi connectivity index (χ4n) is 3.04. The summed E-state index contributed by atoms with van der Waals surface area (Å²) in [5, 5.41) is 15.8. The molecule has 2 amide bonds. The highest BCUT2D eigenvalue weighted by Crippen LogP contribution is 2.35. The fourth-order valence-corrected chi connectivity index (χ4v) is 4.45. The van der Waals surface area contributed by atoms with Crippen LogP contribution in [0.3, 0.4) is 0 Å². The summed E-state index contributed by atoms with van der Waals surface area (Å²) < 4.78 is 0.846. The topological polar surface area (TPSA) is 95.5 Å². The van der Waals surface area contributed by atoms with Gasteiger partial charge in [0.1, 0.15) is 4.88 Å². The van der Waals surface area contributed by atoms with Crippen molar-refractivity contribution in [1.82, 2.24) is 0 Å². The van der Waals surface area contributed by atoms with Crippen molar-refractivity contribution in [3.8, 4) is 0 Å². The van der Waals surface area contributed by atoms with Crippen molar-refractivity contribution in [2.75, 3.05) is 10.6 Å². The molecule has 0 saturated heterocycles. The highest BCUT2D eigenvalue weighted by Gasteiger charge is 2.21. The largest absolute Gasteiger partial charge is 0.478 e. The maximum Gasteiger partial charge on any atom is 0.335 e. The minimum absolute atomic E-state index is 0.0611. The average Bonchev–Trinajstić information content (AvgIpc) is 3.11. The van der Waals surface area contributed by atoms with Crippen LogP contribution in [0, 0.1) is 0 Å². The Kier molecular flexibility index (Phi) is 5.70. The number of carboxylic acid groups (broad SMARTS) is 1. The number of fused-ring (bicyclic) bond motifs is 1. The van der Waals surface area contributed by atoms with Crippen LogP contribution in [-0.4, -0.2) is 22.9 Å². The van der Waals surface area contributed by atoms with E-state index in [0.717, 1.165) is 10.1 Å². The Hall–Kier alpha value is -3.68. The quantitative estimate of drug-likeness (QED) is 0.360. The number of anilines is 2. The van der Waals surface area contributed by atoms with Crippen LogP contribution in [0.2, 0.25) is 5.02 Å².